The topological polar surface area (TPSA) is 89.8 Å². The van der Waals surface area contributed by atoms with Gasteiger partial charge in [0.1, 0.15) is 0 Å². The number of fused-ring (bicyclic) bond motifs is 1. The lowest BCUT2D eigenvalue weighted by Crippen LogP contribution is -2.44. The van der Waals surface area contributed by atoms with Crippen molar-refractivity contribution in [3.05, 3.63) is 34.2 Å². The maximum atomic E-state index is 11.9. The van der Waals surface area contributed by atoms with Gasteiger partial charge in [-0.05, 0) is 43.6 Å². The minimum atomic E-state index is -0.216. The number of carbonyl (C=O) groups is 1. The summed E-state index contributed by atoms with van der Waals surface area (Å²) in [6, 6.07) is 5.59. The van der Waals surface area contributed by atoms with Crippen molar-refractivity contribution in [2.75, 3.05) is 13.1 Å². The van der Waals surface area contributed by atoms with Crippen molar-refractivity contribution in [2.24, 2.45) is 5.92 Å². The summed E-state index contributed by atoms with van der Waals surface area (Å²) in [6.45, 7) is 3.81. The van der Waals surface area contributed by atoms with Crippen LogP contribution in [0.1, 0.15) is 24.9 Å². The van der Waals surface area contributed by atoms with Crippen molar-refractivity contribution in [2.45, 2.75) is 19.4 Å². The second-order valence-corrected chi connectivity index (χ2v) is 5.40. The summed E-state index contributed by atoms with van der Waals surface area (Å²) in [5.41, 5.74) is 2.30. The first-order chi connectivity index (χ1) is 9.61. The molecular formula is C14H18N4O2. The van der Waals surface area contributed by atoms with Crippen LogP contribution in [0.3, 0.4) is 0 Å². The minimum Gasteiger partial charge on any atom is -0.350 e. The molecule has 20 heavy (non-hydrogen) atoms. The predicted octanol–water partition coefficient (Wildman–Crippen LogP) is 0.643. The largest absolute Gasteiger partial charge is 0.350 e. The lowest BCUT2D eigenvalue weighted by molar-refractivity contribution is -0.123. The third-order valence-electron chi connectivity index (χ3n) is 3.76. The standard InChI is InChI=1S/C14H18N4O2/c1-8(16-13(19)4-9-6-15-7-9)10-2-3-11-12(5-10)18-14(20)17-11/h2-3,5,8-9,15H,4,6-7H2,1H3,(H,16,19)(H2,17,18,20). The average molecular weight is 274 g/mol. The van der Waals surface area contributed by atoms with E-state index >= 15 is 0 Å². The maximum absolute atomic E-state index is 11.9. The summed E-state index contributed by atoms with van der Waals surface area (Å²) >= 11 is 0. The number of imidazole rings is 1. The quantitative estimate of drug-likeness (QED) is 0.659. The van der Waals surface area contributed by atoms with E-state index in [0.29, 0.717) is 12.3 Å². The molecule has 1 aliphatic rings. The van der Waals surface area contributed by atoms with Gasteiger partial charge in [0.2, 0.25) is 5.91 Å². The molecule has 0 saturated carbocycles. The van der Waals surface area contributed by atoms with E-state index in [-0.39, 0.29) is 17.6 Å². The van der Waals surface area contributed by atoms with Gasteiger partial charge in [-0.15, -0.1) is 0 Å². The fourth-order valence-electron chi connectivity index (χ4n) is 2.46. The van der Waals surface area contributed by atoms with E-state index in [1.807, 2.05) is 25.1 Å². The van der Waals surface area contributed by atoms with Gasteiger partial charge in [0.05, 0.1) is 17.1 Å². The van der Waals surface area contributed by atoms with E-state index in [1.54, 1.807) is 0 Å². The molecule has 4 N–H and O–H groups in total. The number of H-pyrrole nitrogens is 2. The van der Waals surface area contributed by atoms with Gasteiger partial charge in [-0.25, -0.2) is 4.79 Å². The van der Waals surface area contributed by atoms with Crippen molar-refractivity contribution in [1.29, 1.82) is 0 Å². The highest BCUT2D eigenvalue weighted by Crippen LogP contribution is 2.17. The minimum absolute atomic E-state index is 0.0710. The zero-order valence-electron chi connectivity index (χ0n) is 11.3. The lowest BCUT2D eigenvalue weighted by Gasteiger charge is -2.27. The van der Waals surface area contributed by atoms with Crippen molar-refractivity contribution >= 4 is 16.9 Å². The Balaban J connectivity index is 1.69. The van der Waals surface area contributed by atoms with Gasteiger partial charge in [-0.2, -0.15) is 0 Å². The number of benzene rings is 1. The van der Waals surface area contributed by atoms with E-state index in [9.17, 15) is 9.59 Å². The van der Waals surface area contributed by atoms with Crippen LogP contribution >= 0.6 is 0 Å². The first kappa shape index (κ1) is 12.9. The molecule has 1 atom stereocenters. The molecule has 1 aromatic carbocycles. The lowest BCUT2D eigenvalue weighted by atomic mass is 9.98. The summed E-state index contributed by atoms with van der Waals surface area (Å²) in [7, 11) is 0. The zero-order valence-corrected chi connectivity index (χ0v) is 11.3. The number of rotatable bonds is 4. The van der Waals surface area contributed by atoms with E-state index in [1.165, 1.54) is 0 Å². The van der Waals surface area contributed by atoms with Gasteiger partial charge in [-0.3, -0.25) is 4.79 Å². The number of hydrogen-bond donors (Lipinski definition) is 4. The first-order valence-corrected chi connectivity index (χ1v) is 6.84. The molecule has 1 aromatic heterocycles. The number of nitrogens with one attached hydrogen (secondary N) is 4. The Kier molecular flexibility index (Phi) is 3.31. The molecule has 1 fully saturated rings. The number of amides is 1. The predicted molar refractivity (Wildman–Crippen MR) is 76.5 cm³/mol. The highest BCUT2D eigenvalue weighted by Gasteiger charge is 2.21. The summed E-state index contributed by atoms with van der Waals surface area (Å²) in [6.07, 6.45) is 0.570. The smallest absolute Gasteiger partial charge is 0.323 e. The first-order valence-electron chi connectivity index (χ1n) is 6.84. The van der Waals surface area contributed by atoms with Crippen LogP contribution < -0.4 is 16.3 Å². The number of hydrogen-bond acceptors (Lipinski definition) is 3. The van der Waals surface area contributed by atoms with Crippen LogP contribution in [0.15, 0.2) is 23.0 Å². The Morgan fingerprint density at radius 3 is 2.80 bits per heavy atom. The SMILES string of the molecule is CC(NC(=O)CC1CNC1)c1ccc2[nH]c(=O)[nH]c2c1. The summed E-state index contributed by atoms with van der Waals surface area (Å²) < 4.78 is 0. The van der Waals surface area contributed by atoms with Crippen LogP contribution in [0.2, 0.25) is 0 Å². The third kappa shape index (κ3) is 2.60. The van der Waals surface area contributed by atoms with Crippen molar-refractivity contribution in [3.63, 3.8) is 0 Å². The molecule has 0 aliphatic carbocycles. The van der Waals surface area contributed by atoms with E-state index in [2.05, 4.69) is 20.6 Å². The summed E-state index contributed by atoms with van der Waals surface area (Å²) in [4.78, 5) is 28.5. The van der Waals surface area contributed by atoms with Gasteiger partial charge < -0.3 is 20.6 Å². The molecule has 2 heterocycles. The molecule has 1 unspecified atom stereocenters. The van der Waals surface area contributed by atoms with Crippen molar-refractivity contribution in [3.8, 4) is 0 Å². The van der Waals surface area contributed by atoms with Gasteiger partial charge in [-0.1, -0.05) is 6.07 Å². The van der Waals surface area contributed by atoms with Gasteiger partial charge in [0.15, 0.2) is 0 Å². The summed E-state index contributed by atoms with van der Waals surface area (Å²) in [5, 5.41) is 6.15. The normalized spacial score (nSPS) is 16.9. The maximum Gasteiger partial charge on any atom is 0.323 e. The number of aromatic amines is 2. The van der Waals surface area contributed by atoms with Gasteiger partial charge in [0.25, 0.3) is 0 Å². The average Bonchev–Trinajstić information content (AvgIpc) is 2.72. The molecule has 0 bridgehead atoms. The fourth-order valence-corrected chi connectivity index (χ4v) is 2.46. The second kappa shape index (κ2) is 5.13. The van der Waals surface area contributed by atoms with Gasteiger partial charge in [0, 0.05) is 6.42 Å². The summed E-state index contributed by atoms with van der Waals surface area (Å²) in [5.74, 6) is 0.539. The highest BCUT2D eigenvalue weighted by molar-refractivity contribution is 5.78. The van der Waals surface area contributed by atoms with Gasteiger partial charge >= 0.3 is 5.69 Å². The number of carbonyl (C=O) groups excluding carboxylic acids is 1. The molecule has 0 spiro atoms. The molecule has 1 saturated heterocycles. The van der Waals surface area contributed by atoms with Crippen LogP contribution in [0.4, 0.5) is 0 Å². The van der Waals surface area contributed by atoms with E-state index in [4.69, 9.17) is 0 Å². The van der Waals surface area contributed by atoms with Crippen LogP contribution in [0, 0.1) is 5.92 Å². The zero-order chi connectivity index (χ0) is 14.1. The second-order valence-electron chi connectivity index (χ2n) is 5.40. The fraction of sp³-hybridized carbons (Fsp3) is 0.429. The Labute approximate surface area is 116 Å². The Morgan fingerprint density at radius 1 is 1.35 bits per heavy atom. The van der Waals surface area contributed by atoms with Crippen LogP contribution in [-0.2, 0) is 4.79 Å². The Bertz CT molecular complexity index is 684. The van der Waals surface area contributed by atoms with E-state index in [0.717, 1.165) is 29.7 Å². The Hall–Kier alpha value is -2.08. The molecule has 6 nitrogen and oxygen atoms in total. The molecule has 1 amide bonds. The molecule has 2 aromatic rings. The third-order valence-corrected chi connectivity index (χ3v) is 3.76. The molecular weight excluding hydrogens is 256 g/mol. The van der Waals surface area contributed by atoms with Crippen LogP contribution in [-0.4, -0.2) is 29.0 Å². The molecule has 1 aliphatic heterocycles. The molecule has 3 rings (SSSR count). The molecule has 6 heteroatoms. The van der Waals surface area contributed by atoms with Crippen molar-refractivity contribution in [1.82, 2.24) is 20.6 Å². The van der Waals surface area contributed by atoms with Crippen LogP contribution in [0.25, 0.3) is 11.0 Å². The van der Waals surface area contributed by atoms with Crippen molar-refractivity contribution < 1.29 is 4.79 Å². The van der Waals surface area contributed by atoms with Crippen LogP contribution in [0.5, 0.6) is 0 Å². The molecule has 106 valence electrons. The monoisotopic (exact) mass is 274 g/mol. The van der Waals surface area contributed by atoms with E-state index < -0.39 is 0 Å². The highest BCUT2D eigenvalue weighted by atomic mass is 16.1. The Morgan fingerprint density at radius 2 is 2.10 bits per heavy atom. The molecule has 0 radical (unpaired) electrons. The number of aromatic nitrogens is 2.